The second-order valence-corrected chi connectivity index (χ2v) is 8.68. The lowest BCUT2D eigenvalue weighted by atomic mass is 9.90. The topological polar surface area (TPSA) is 60.3 Å². The lowest BCUT2D eigenvalue weighted by Gasteiger charge is -2.43. The molecule has 1 aliphatic heterocycles. The van der Waals surface area contributed by atoms with Crippen LogP contribution in [0.1, 0.15) is 70.2 Å². The first kappa shape index (κ1) is 17.3. The first-order valence-electron chi connectivity index (χ1n) is 9.64. The average Bonchev–Trinajstić information content (AvgIpc) is 3.37. The number of carbonyl (C=O) groups excluding carboxylic acids is 1. The Morgan fingerprint density at radius 3 is 2.80 bits per heavy atom. The Hall–Kier alpha value is -1.08. The number of hydrogen-bond acceptors (Lipinski definition) is 5. The Morgan fingerprint density at radius 2 is 2.04 bits per heavy atom. The predicted octanol–water partition coefficient (Wildman–Crippen LogP) is 3.00. The van der Waals surface area contributed by atoms with Crippen molar-refractivity contribution >= 4 is 17.7 Å². The van der Waals surface area contributed by atoms with Gasteiger partial charge in [0.1, 0.15) is 5.82 Å². The fourth-order valence-electron chi connectivity index (χ4n) is 4.07. The normalized spacial score (nSPS) is 26.8. The fourth-order valence-corrected chi connectivity index (χ4v) is 4.97. The van der Waals surface area contributed by atoms with Gasteiger partial charge in [-0.25, -0.2) is 0 Å². The van der Waals surface area contributed by atoms with Crippen molar-refractivity contribution < 1.29 is 9.53 Å². The van der Waals surface area contributed by atoms with Gasteiger partial charge in [-0.15, -0.1) is 10.2 Å². The standard InChI is InChI=1S/C18H28N4O2S/c1-12(2)17-19-20-18(22(17)13-7-8-13)25-11-16(23)21-9-10-24-15-6-4-3-5-14(15)21/h12-15H,3-11H2,1-2H3/t14-,15+/m1/s1. The molecule has 2 aliphatic carbocycles. The highest BCUT2D eigenvalue weighted by molar-refractivity contribution is 7.99. The van der Waals surface area contributed by atoms with Crippen molar-refractivity contribution in [1.82, 2.24) is 19.7 Å². The SMILES string of the molecule is CC(C)c1nnc(SCC(=O)N2CCO[C@H]3CCCC[C@H]32)n1C1CC1. The molecule has 0 N–H and O–H groups in total. The smallest absolute Gasteiger partial charge is 0.233 e. The Labute approximate surface area is 153 Å². The molecule has 0 radical (unpaired) electrons. The van der Waals surface area contributed by atoms with Crippen molar-refractivity contribution in [1.29, 1.82) is 0 Å². The minimum Gasteiger partial charge on any atom is -0.374 e. The number of nitrogens with zero attached hydrogens (tertiary/aromatic N) is 4. The molecular formula is C18H28N4O2S. The highest BCUT2D eigenvalue weighted by Gasteiger charge is 2.37. The van der Waals surface area contributed by atoms with Gasteiger partial charge in [0.2, 0.25) is 5.91 Å². The van der Waals surface area contributed by atoms with Gasteiger partial charge < -0.3 is 14.2 Å². The zero-order chi connectivity index (χ0) is 17.4. The minimum absolute atomic E-state index is 0.224. The Kier molecular flexibility index (Phi) is 5.04. The quantitative estimate of drug-likeness (QED) is 0.752. The molecule has 3 fully saturated rings. The van der Waals surface area contributed by atoms with Gasteiger partial charge in [0.05, 0.1) is 24.5 Å². The van der Waals surface area contributed by atoms with Crippen molar-refractivity contribution in [2.75, 3.05) is 18.9 Å². The minimum atomic E-state index is 0.224. The van der Waals surface area contributed by atoms with Crippen LogP contribution in [-0.2, 0) is 9.53 Å². The van der Waals surface area contributed by atoms with E-state index in [4.69, 9.17) is 4.74 Å². The molecule has 2 atom stereocenters. The average molecular weight is 365 g/mol. The lowest BCUT2D eigenvalue weighted by molar-refractivity contribution is -0.146. The monoisotopic (exact) mass is 364 g/mol. The predicted molar refractivity (Wildman–Crippen MR) is 96.8 cm³/mol. The van der Waals surface area contributed by atoms with Gasteiger partial charge in [-0.2, -0.15) is 0 Å². The van der Waals surface area contributed by atoms with Crippen molar-refractivity contribution in [3.63, 3.8) is 0 Å². The maximum Gasteiger partial charge on any atom is 0.233 e. The number of aromatic nitrogens is 3. The van der Waals surface area contributed by atoms with Crippen LogP contribution < -0.4 is 0 Å². The zero-order valence-electron chi connectivity index (χ0n) is 15.2. The molecule has 0 unspecified atom stereocenters. The summed E-state index contributed by atoms with van der Waals surface area (Å²) in [5, 5.41) is 9.67. The van der Waals surface area contributed by atoms with Crippen molar-refractivity contribution in [2.45, 2.75) is 81.6 Å². The maximum absolute atomic E-state index is 12.9. The Morgan fingerprint density at radius 1 is 1.24 bits per heavy atom. The van der Waals surface area contributed by atoms with E-state index in [-0.39, 0.29) is 18.1 Å². The number of morpholine rings is 1. The van der Waals surface area contributed by atoms with Gasteiger partial charge in [0, 0.05) is 18.5 Å². The molecule has 0 aromatic carbocycles. The van der Waals surface area contributed by atoms with Crippen LogP contribution in [0, 0.1) is 0 Å². The molecule has 138 valence electrons. The van der Waals surface area contributed by atoms with Crippen molar-refractivity contribution in [2.24, 2.45) is 0 Å². The summed E-state index contributed by atoms with van der Waals surface area (Å²) in [7, 11) is 0. The summed E-state index contributed by atoms with van der Waals surface area (Å²) in [5.74, 6) is 2.09. The highest BCUT2D eigenvalue weighted by Crippen LogP contribution is 2.40. The molecule has 1 saturated heterocycles. The third-order valence-electron chi connectivity index (χ3n) is 5.50. The maximum atomic E-state index is 12.9. The van der Waals surface area contributed by atoms with E-state index < -0.39 is 0 Å². The highest BCUT2D eigenvalue weighted by atomic mass is 32.2. The summed E-state index contributed by atoms with van der Waals surface area (Å²) < 4.78 is 8.16. The molecule has 1 aromatic rings. The summed E-state index contributed by atoms with van der Waals surface area (Å²) >= 11 is 1.55. The molecular weight excluding hydrogens is 336 g/mol. The van der Waals surface area contributed by atoms with Crippen LogP contribution in [0.2, 0.25) is 0 Å². The summed E-state index contributed by atoms with van der Waals surface area (Å²) in [6.45, 7) is 5.71. The summed E-state index contributed by atoms with van der Waals surface area (Å²) in [5.41, 5.74) is 0. The fraction of sp³-hybridized carbons (Fsp3) is 0.833. The van der Waals surface area contributed by atoms with E-state index in [0.717, 1.165) is 30.4 Å². The number of ether oxygens (including phenoxy) is 1. The third-order valence-corrected chi connectivity index (χ3v) is 6.42. The molecule has 25 heavy (non-hydrogen) atoms. The molecule has 1 aromatic heterocycles. The van der Waals surface area contributed by atoms with E-state index in [0.29, 0.717) is 24.3 Å². The van der Waals surface area contributed by atoms with E-state index >= 15 is 0 Å². The molecule has 7 heteroatoms. The number of rotatable bonds is 5. The first-order chi connectivity index (χ1) is 12.1. The lowest BCUT2D eigenvalue weighted by Crippen LogP contribution is -2.55. The van der Waals surface area contributed by atoms with E-state index in [1.807, 2.05) is 0 Å². The number of amides is 1. The van der Waals surface area contributed by atoms with Crippen LogP contribution in [0.15, 0.2) is 5.16 Å². The van der Waals surface area contributed by atoms with Gasteiger partial charge in [-0.05, 0) is 25.7 Å². The van der Waals surface area contributed by atoms with Gasteiger partial charge in [0.25, 0.3) is 0 Å². The van der Waals surface area contributed by atoms with Crippen LogP contribution in [0.4, 0.5) is 0 Å². The van der Waals surface area contributed by atoms with Gasteiger partial charge >= 0.3 is 0 Å². The van der Waals surface area contributed by atoms with Gasteiger partial charge in [-0.3, -0.25) is 4.79 Å². The summed E-state index contributed by atoms with van der Waals surface area (Å²) in [6.07, 6.45) is 7.25. The second kappa shape index (κ2) is 7.27. The van der Waals surface area contributed by atoms with Gasteiger partial charge in [-0.1, -0.05) is 38.5 Å². The third kappa shape index (κ3) is 3.58. The molecule has 2 saturated carbocycles. The summed E-state index contributed by atoms with van der Waals surface area (Å²) in [6, 6.07) is 0.819. The van der Waals surface area contributed by atoms with Crippen LogP contribution >= 0.6 is 11.8 Å². The molecule has 4 rings (SSSR count). The van der Waals surface area contributed by atoms with E-state index in [1.165, 1.54) is 25.7 Å². The van der Waals surface area contributed by atoms with Crippen LogP contribution in [0.25, 0.3) is 0 Å². The van der Waals surface area contributed by atoms with Gasteiger partial charge in [0.15, 0.2) is 5.16 Å². The van der Waals surface area contributed by atoms with E-state index in [9.17, 15) is 4.79 Å². The molecule has 6 nitrogen and oxygen atoms in total. The van der Waals surface area contributed by atoms with Crippen molar-refractivity contribution in [3.8, 4) is 0 Å². The molecule has 1 amide bonds. The molecule has 3 aliphatic rings. The molecule has 2 heterocycles. The van der Waals surface area contributed by atoms with E-state index in [2.05, 4.69) is 33.5 Å². The first-order valence-corrected chi connectivity index (χ1v) is 10.6. The number of thioether (sulfide) groups is 1. The van der Waals surface area contributed by atoms with Crippen molar-refractivity contribution in [3.05, 3.63) is 5.82 Å². The summed E-state index contributed by atoms with van der Waals surface area (Å²) in [4.78, 5) is 14.9. The molecule has 0 bridgehead atoms. The van der Waals surface area contributed by atoms with Crippen LogP contribution in [-0.4, -0.2) is 56.6 Å². The number of hydrogen-bond donors (Lipinski definition) is 0. The Bertz CT molecular complexity index is 627. The van der Waals surface area contributed by atoms with E-state index in [1.54, 1.807) is 11.8 Å². The second-order valence-electron chi connectivity index (χ2n) is 7.73. The molecule has 0 spiro atoms. The Balaban J connectivity index is 1.42. The van der Waals surface area contributed by atoms with Crippen LogP contribution in [0.3, 0.4) is 0 Å². The number of fused-ring (bicyclic) bond motifs is 1. The van der Waals surface area contributed by atoms with Crippen LogP contribution in [0.5, 0.6) is 0 Å². The number of carbonyl (C=O) groups is 1. The largest absolute Gasteiger partial charge is 0.374 e. The zero-order valence-corrected chi connectivity index (χ0v) is 16.0.